The van der Waals surface area contributed by atoms with Crippen molar-refractivity contribution in [1.82, 2.24) is 4.90 Å². The van der Waals surface area contributed by atoms with E-state index in [9.17, 15) is 22.8 Å². The maximum Gasteiger partial charge on any atom is 0.416 e. The molecule has 0 aliphatic carbocycles. The number of halogens is 3. The number of alkyl halides is 3. The molecule has 2 rings (SSSR count). The number of rotatable bonds is 3. The highest BCUT2D eigenvalue weighted by Gasteiger charge is 2.34. The summed E-state index contributed by atoms with van der Waals surface area (Å²) in [7, 11) is 0. The number of amides is 2. The molecule has 7 heteroatoms. The van der Waals surface area contributed by atoms with Crippen LogP contribution in [0.25, 0.3) is 6.08 Å². The van der Waals surface area contributed by atoms with Crippen LogP contribution in [-0.4, -0.2) is 22.6 Å². The van der Waals surface area contributed by atoms with Gasteiger partial charge in [0.25, 0.3) is 11.1 Å². The van der Waals surface area contributed by atoms with Crippen LogP contribution in [0, 0.1) is 0 Å². The smallest absolute Gasteiger partial charge is 0.268 e. The Bertz CT molecular complexity index is 620. The van der Waals surface area contributed by atoms with Gasteiger partial charge in [0.05, 0.1) is 10.5 Å². The quantitative estimate of drug-likeness (QED) is 0.627. The molecular formula is C14H10F3NO2S. The third kappa shape index (κ3) is 3.36. The van der Waals surface area contributed by atoms with Gasteiger partial charge in [-0.1, -0.05) is 18.2 Å². The number of hydrogen-bond acceptors (Lipinski definition) is 3. The van der Waals surface area contributed by atoms with Gasteiger partial charge in [0.1, 0.15) is 0 Å². The van der Waals surface area contributed by atoms with Crippen LogP contribution in [0.1, 0.15) is 11.1 Å². The molecule has 2 amide bonds. The number of carbonyl (C=O) groups is 2. The van der Waals surface area contributed by atoms with Crippen molar-refractivity contribution in [3.05, 3.63) is 53.0 Å². The van der Waals surface area contributed by atoms with E-state index in [-0.39, 0.29) is 11.4 Å². The highest BCUT2D eigenvalue weighted by molar-refractivity contribution is 8.18. The molecule has 1 aliphatic heterocycles. The second-order valence-electron chi connectivity index (χ2n) is 4.20. The standard InChI is InChI=1S/C14H10F3NO2S/c1-2-7-18-12(19)11(21-13(18)20)8-9-3-5-10(6-4-9)14(15,16)17/h2-6,8H,1,7H2. The molecule has 0 aromatic heterocycles. The fourth-order valence-electron chi connectivity index (χ4n) is 1.71. The van der Waals surface area contributed by atoms with Gasteiger partial charge < -0.3 is 0 Å². The minimum atomic E-state index is -4.40. The molecule has 0 atom stereocenters. The molecule has 0 radical (unpaired) electrons. The van der Waals surface area contributed by atoms with Crippen LogP contribution in [0.4, 0.5) is 18.0 Å². The largest absolute Gasteiger partial charge is 0.416 e. The number of thioether (sulfide) groups is 1. The normalized spacial score (nSPS) is 17.7. The fraction of sp³-hybridized carbons (Fsp3) is 0.143. The van der Waals surface area contributed by atoms with E-state index in [0.29, 0.717) is 5.56 Å². The predicted molar refractivity (Wildman–Crippen MR) is 74.3 cm³/mol. The highest BCUT2D eigenvalue weighted by atomic mass is 32.2. The second kappa shape index (κ2) is 5.77. The number of hydrogen-bond donors (Lipinski definition) is 0. The van der Waals surface area contributed by atoms with Gasteiger partial charge in [0.15, 0.2) is 0 Å². The number of nitrogens with zero attached hydrogens (tertiary/aromatic N) is 1. The van der Waals surface area contributed by atoms with Gasteiger partial charge in [0.2, 0.25) is 0 Å². The van der Waals surface area contributed by atoms with Crippen molar-refractivity contribution in [2.75, 3.05) is 6.54 Å². The van der Waals surface area contributed by atoms with Crippen molar-refractivity contribution >= 4 is 29.0 Å². The third-order valence-corrected chi connectivity index (χ3v) is 3.63. The van der Waals surface area contributed by atoms with Gasteiger partial charge in [-0.25, -0.2) is 0 Å². The van der Waals surface area contributed by atoms with Gasteiger partial charge in [-0.3, -0.25) is 14.5 Å². The Morgan fingerprint density at radius 2 is 1.81 bits per heavy atom. The van der Waals surface area contributed by atoms with Crippen LogP contribution in [0.15, 0.2) is 41.8 Å². The molecule has 1 saturated heterocycles. The van der Waals surface area contributed by atoms with E-state index in [1.54, 1.807) is 0 Å². The summed E-state index contributed by atoms with van der Waals surface area (Å²) in [4.78, 5) is 24.7. The molecule has 0 spiro atoms. The lowest BCUT2D eigenvalue weighted by Crippen LogP contribution is -2.27. The molecule has 0 unspecified atom stereocenters. The van der Waals surface area contributed by atoms with Crippen LogP contribution >= 0.6 is 11.8 Å². The first-order chi connectivity index (χ1) is 9.82. The summed E-state index contributed by atoms with van der Waals surface area (Å²) in [6.45, 7) is 3.56. The van der Waals surface area contributed by atoms with Gasteiger partial charge in [-0.15, -0.1) is 6.58 Å². The molecule has 0 bridgehead atoms. The SMILES string of the molecule is C=CCN1C(=O)SC(=Cc2ccc(C(F)(F)F)cc2)C1=O. The second-order valence-corrected chi connectivity index (χ2v) is 5.19. The van der Waals surface area contributed by atoms with E-state index < -0.39 is 22.9 Å². The van der Waals surface area contributed by atoms with Crippen LogP contribution < -0.4 is 0 Å². The summed E-state index contributed by atoms with van der Waals surface area (Å²) in [5, 5.41) is -0.418. The van der Waals surface area contributed by atoms with Crippen molar-refractivity contribution in [3.63, 3.8) is 0 Å². The maximum atomic E-state index is 12.4. The van der Waals surface area contributed by atoms with Gasteiger partial charge >= 0.3 is 6.18 Å². The molecular weight excluding hydrogens is 303 g/mol. The van der Waals surface area contributed by atoms with Crippen LogP contribution in [-0.2, 0) is 11.0 Å². The van der Waals surface area contributed by atoms with Crippen molar-refractivity contribution in [1.29, 1.82) is 0 Å². The molecule has 1 heterocycles. The average Bonchev–Trinajstić information content (AvgIpc) is 2.66. The van der Waals surface area contributed by atoms with Crippen LogP contribution in [0.5, 0.6) is 0 Å². The number of imide groups is 1. The fourth-order valence-corrected chi connectivity index (χ4v) is 2.55. The first-order valence-corrected chi connectivity index (χ1v) is 6.68. The molecule has 1 fully saturated rings. The summed E-state index contributed by atoms with van der Waals surface area (Å²) >= 11 is 0.755. The first-order valence-electron chi connectivity index (χ1n) is 5.86. The summed E-state index contributed by atoms with van der Waals surface area (Å²) in [5.74, 6) is -0.468. The zero-order chi connectivity index (χ0) is 15.6. The lowest BCUT2D eigenvalue weighted by atomic mass is 10.1. The Morgan fingerprint density at radius 1 is 1.19 bits per heavy atom. The summed E-state index contributed by atoms with van der Waals surface area (Å²) in [6, 6.07) is 4.37. The Kier molecular flexibility index (Phi) is 4.22. The van der Waals surface area contributed by atoms with Gasteiger partial charge in [-0.2, -0.15) is 13.2 Å². The molecule has 3 nitrogen and oxygen atoms in total. The maximum absolute atomic E-state index is 12.4. The van der Waals surface area contributed by atoms with Crippen molar-refractivity contribution in [3.8, 4) is 0 Å². The molecule has 0 saturated carbocycles. The van der Waals surface area contributed by atoms with E-state index >= 15 is 0 Å². The van der Waals surface area contributed by atoms with Crippen molar-refractivity contribution < 1.29 is 22.8 Å². The molecule has 1 aliphatic rings. The Labute approximate surface area is 123 Å². The topological polar surface area (TPSA) is 37.4 Å². The average molecular weight is 313 g/mol. The van der Waals surface area contributed by atoms with Crippen LogP contribution in [0.2, 0.25) is 0 Å². The highest BCUT2D eigenvalue weighted by Crippen LogP contribution is 2.33. The van der Waals surface area contributed by atoms with E-state index in [4.69, 9.17) is 0 Å². The summed E-state index contributed by atoms with van der Waals surface area (Å²) < 4.78 is 37.3. The van der Waals surface area contributed by atoms with Crippen molar-refractivity contribution in [2.24, 2.45) is 0 Å². The summed E-state index contributed by atoms with van der Waals surface area (Å²) in [6.07, 6.45) is -1.58. The monoisotopic (exact) mass is 313 g/mol. The zero-order valence-electron chi connectivity index (χ0n) is 10.7. The summed E-state index contributed by atoms with van der Waals surface area (Å²) in [5.41, 5.74) is -0.341. The number of benzene rings is 1. The molecule has 1 aromatic rings. The predicted octanol–water partition coefficient (Wildman–Crippen LogP) is 3.93. The van der Waals surface area contributed by atoms with Crippen molar-refractivity contribution in [2.45, 2.75) is 6.18 Å². The van der Waals surface area contributed by atoms with E-state index in [1.165, 1.54) is 24.3 Å². The van der Waals surface area contributed by atoms with Crippen LogP contribution in [0.3, 0.4) is 0 Å². The Balaban J connectivity index is 2.23. The third-order valence-electron chi connectivity index (χ3n) is 2.72. The van der Waals surface area contributed by atoms with E-state index in [2.05, 4.69) is 6.58 Å². The molecule has 0 N–H and O–H groups in total. The Hall–Kier alpha value is -2.02. The zero-order valence-corrected chi connectivity index (χ0v) is 11.5. The number of carbonyl (C=O) groups excluding carboxylic acids is 2. The lowest BCUT2D eigenvalue weighted by molar-refractivity contribution is -0.137. The minimum Gasteiger partial charge on any atom is -0.268 e. The molecule has 1 aromatic carbocycles. The van der Waals surface area contributed by atoms with Gasteiger partial charge in [-0.05, 0) is 35.5 Å². The van der Waals surface area contributed by atoms with E-state index in [1.807, 2.05) is 0 Å². The Morgan fingerprint density at radius 3 is 2.33 bits per heavy atom. The van der Waals surface area contributed by atoms with Gasteiger partial charge in [0, 0.05) is 6.54 Å². The lowest BCUT2D eigenvalue weighted by Gasteiger charge is -2.08. The minimum absolute atomic E-state index is 0.106. The van der Waals surface area contributed by atoms with E-state index in [0.717, 1.165) is 28.8 Å². The molecule has 110 valence electrons. The molecule has 21 heavy (non-hydrogen) atoms. The first kappa shape index (κ1) is 15.4.